The Morgan fingerprint density at radius 2 is 1.94 bits per heavy atom. The highest BCUT2D eigenvalue weighted by Crippen LogP contribution is 2.61. The van der Waals surface area contributed by atoms with Crippen LogP contribution >= 0.6 is 0 Å². The second kappa shape index (κ2) is 3.94. The standard InChI is InChI=1S/C15H27NO2/c1-13(2)7-3-4-8-15(13,17)14(10-16)9-11-5-6-12(14)18-11/h11-12,17H,3-10,16H2,1-2H3. The summed E-state index contributed by atoms with van der Waals surface area (Å²) in [6.45, 7) is 5.00. The molecule has 3 heteroatoms. The first-order chi connectivity index (χ1) is 8.45. The number of ether oxygens (including phenoxy) is 1. The van der Waals surface area contributed by atoms with Gasteiger partial charge in [-0.05, 0) is 37.5 Å². The van der Waals surface area contributed by atoms with Crippen molar-refractivity contribution in [3.63, 3.8) is 0 Å². The van der Waals surface area contributed by atoms with Crippen LogP contribution in [0.1, 0.15) is 58.8 Å². The van der Waals surface area contributed by atoms with Gasteiger partial charge in [0.05, 0.1) is 17.8 Å². The van der Waals surface area contributed by atoms with Crippen molar-refractivity contribution in [3.8, 4) is 0 Å². The van der Waals surface area contributed by atoms with Gasteiger partial charge in [-0.25, -0.2) is 0 Å². The maximum atomic E-state index is 11.5. The quantitative estimate of drug-likeness (QED) is 0.793. The van der Waals surface area contributed by atoms with E-state index >= 15 is 0 Å². The van der Waals surface area contributed by atoms with Gasteiger partial charge in [0.1, 0.15) is 0 Å². The number of rotatable bonds is 2. The molecule has 1 saturated carbocycles. The summed E-state index contributed by atoms with van der Waals surface area (Å²) in [7, 11) is 0. The molecule has 3 fully saturated rings. The van der Waals surface area contributed by atoms with Gasteiger partial charge in [-0.2, -0.15) is 0 Å². The fourth-order valence-corrected chi connectivity index (χ4v) is 5.03. The van der Waals surface area contributed by atoms with Gasteiger partial charge in [0.15, 0.2) is 0 Å². The largest absolute Gasteiger partial charge is 0.389 e. The number of aliphatic hydroxyl groups is 1. The third kappa shape index (κ3) is 1.41. The highest BCUT2D eigenvalue weighted by atomic mass is 16.5. The first-order valence-corrected chi connectivity index (χ1v) is 7.53. The van der Waals surface area contributed by atoms with E-state index < -0.39 is 5.60 Å². The zero-order valence-corrected chi connectivity index (χ0v) is 11.7. The van der Waals surface area contributed by atoms with E-state index in [4.69, 9.17) is 10.5 Å². The van der Waals surface area contributed by atoms with Gasteiger partial charge in [-0.3, -0.25) is 0 Å². The number of fused-ring (bicyclic) bond motifs is 2. The van der Waals surface area contributed by atoms with Gasteiger partial charge in [-0.15, -0.1) is 0 Å². The van der Waals surface area contributed by atoms with Crippen molar-refractivity contribution in [1.82, 2.24) is 0 Å². The predicted molar refractivity (Wildman–Crippen MR) is 71.2 cm³/mol. The Kier molecular flexibility index (Phi) is 2.82. The lowest BCUT2D eigenvalue weighted by Crippen LogP contribution is -2.65. The number of hydrogen-bond donors (Lipinski definition) is 2. The van der Waals surface area contributed by atoms with E-state index in [1.165, 1.54) is 6.42 Å². The van der Waals surface area contributed by atoms with Crippen molar-refractivity contribution in [2.24, 2.45) is 16.6 Å². The van der Waals surface area contributed by atoms with E-state index in [1.54, 1.807) is 0 Å². The fourth-order valence-electron chi connectivity index (χ4n) is 5.03. The number of hydrogen-bond acceptors (Lipinski definition) is 3. The first kappa shape index (κ1) is 12.9. The molecule has 104 valence electrons. The van der Waals surface area contributed by atoms with E-state index in [-0.39, 0.29) is 16.9 Å². The summed E-state index contributed by atoms with van der Waals surface area (Å²) < 4.78 is 6.05. The van der Waals surface area contributed by atoms with E-state index in [1.807, 2.05) is 0 Å². The second-order valence-corrected chi connectivity index (χ2v) is 7.34. The van der Waals surface area contributed by atoms with Crippen molar-refractivity contribution in [1.29, 1.82) is 0 Å². The zero-order valence-electron chi connectivity index (χ0n) is 11.7. The van der Waals surface area contributed by atoms with E-state index in [0.717, 1.165) is 38.5 Å². The SMILES string of the molecule is CC1(C)CCCCC1(O)C1(CN)CC2CCC1O2. The lowest BCUT2D eigenvalue weighted by molar-refractivity contribution is -0.197. The molecule has 2 bridgehead atoms. The Bertz CT molecular complexity index is 343. The molecule has 18 heavy (non-hydrogen) atoms. The number of nitrogens with two attached hydrogens (primary N) is 1. The summed E-state index contributed by atoms with van der Waals surface area (Å²) in [5.74, 6) is 0. The molecule has 3 rings (SSSR count). The first-order valence-electron chi connectivity index (χ1n) is 7.53. The molecule has 2 heterocycles. The Morgan fingerprint density at radius 1 is 1.22 bits per heavy atom. The van der Waals surface area contributed by atoms with Gasteiger partial charge < -0.3 is 15.6 Å². The molecule has 1 aliphatic carbocycles. The van der Waals surface area contributed by atoms with Crippen LogP contribution in [0.15, 0.2) is 0 Å². The smallest absolute Gasteiger partial charge is 0.0792 e. The van der Waals surface area contributed by atoms with Crippen LogP contribution in [-0.4, -0.2) is 29.5 Å². The summed E-state index contributed by atoms with van der Waals surface area (Å²) in [5.41, 5.74) is 5.27. The molecule has 0 aromatic carbocycles. The molecule has 4 unspecified atom stereocenters. The Hall–Kier alpha value is -0.120. The zero-order chi connectivity index (χ0) is 13.0. The van der Waals surface area contributed by atoms with Crippen LogP contribution in [0, 0.1) is 10.8 Å². The molecule has 0 radical (unpaired) electrons. The predicted octanol–water partition coefficient (Wildman–Crippen LogP) is 2.21. The second-order valence-electron chi connectivity index (χ2n) is 7.34. The minimum atomic E-state index is -0.646. The molecular weight excluding hydrogens is 226 g/mol. The molecule has 2 saturated heterocycles. The van der Waals surface area contributed by atoms with E-state index in [9.17, 15) is 5.11 Å². The molecule has 3 aliphatic rings. The minimum absolute atomic E-state index is 0.0432. The van der Waals surface area contributed by atoms with Gasteiger partial charge in [-0.1, -0.05) is 26.7 Å². The van der Waals surface area contributed by atoms with Crippen LogP contribution in [0.25, 0.3) is 0 Å². The monoisotopic (exact) mass is 253 g/mol. The van der Waals surface area contributed by atoms with Gasteiger partial charge >= 0.3 is 0 Å². The Balaban J connectivity index is 2.00. The summed E-state index contributed by atoms with van der Waals surface area (Å²) in [6, 6.07) is 0. The lowest BCUT2D eigenvalue weighted by atomic mass is 9.50. The average molecular weight is 253 g/mol. The third-order valence-corrected chi connectivity index (χ3v) is 6.21. The van der Waals surface area contributed by atoms with Crippen LogP contribution in [0.3, 0.4) is 0 Å². The van der Waals surface area contributed by atoms with Crippen LogP contribution in [0.5, 0.6) is 0 Å². The van der Waals surface area contributed by atoms with Crippen LogP contribution in [0.2, 0.25) is 0 Å². The highest BCUT2D eigenvalue weighted by molar-refractivity contribution is 5.16. The van der Waals surface area contributed by atoms with Gasteiger partial charge in [0.25, 0.3) is 0 Å². The summed E-state index contributed by atoms with van der Waals surface area (Å²) >= 11 is 0. The van der Waals surface area contributed by atoms with Crippen molar-refractivity contribution < 1.29 is 9.84 Å². The van der Waals surface area contributed by atoms with Gasteiger partial charge in [0.2, 0.25) is 0 Å². The van der Waals surface area contributed by atoms with Crippen LogP contribution in [0.4, 0.5) is 0 Å². The highest BCUT2D eigenvalue weighted by Gasteiger charge is 2.66. The lowest BCUT2D eigenvalue weighted by Gasteiger charge is -2.58. The molecule has 0 aromatic rings. The minimum Gasteiger partial charge on any atom is -0.389 e. The fraction of sp³-hybridized carbons (Fsp3) is 1.00. The van der Waals surface area contributed by atoms with Crippen molar-refractivity contribution >= 4 is 0 Å². The Labute approximate surface area is 110 Å². The summed E-state index contributed by atoms with van der Waals surface area (Å²) in [6.07, 6.45) is 8.09. The van der Waals surface area contributed by atoms with Crippen LogP contribution in [-0.2, 0) is 4.74 Å². The maximum Gasteiger partial charge on any atom is 0.0792 e. The van der Waals surface area contributed by atoms with E-state index in [2.05, 4.69) is 13.8 Å². The molecule has 3 N–H and O–H groups in total. The summed E-state index contributed by atoms with van der Waals surface area (Å²) in [4.78, 5) is 0. The maximum absolute atomic E-state index is 11.5. The molecule has 0 aromatic heterocycles. The average Bonchev–Trinajstić information content (AvgIpc) is 2.93. The van der Waals surface area contributed by atoms with Crippen molar-refractivity contribution in [3.05, 3.63) is 0 Å². The summed E-state index contributed by atoms with van der Waals surface area (Å²) in [5, 5.41) is 11.5. The molecule has 0 spiro atoms. The van der Waals surface area contributed by atoms with Crippen molar-refractivity contribution in [2.75, 3.05) is 6.54 Å². The van der Waals surface area contributed by atoms with Gasteiger partial charge in [0, 0.05) is 12.0 Å². The van der Waals surface area contributed by atoms with Crippen LogP contribution < -0.4 is 5.73 Å². The third-order valence-electron chi connectivity index (χ3n) is 6.21. The molecule has 2 aliphatic heterocycles. The molecule has 0 amide bonds. The topological polar surface area (TPSA) is 55.5 Å². The molecule has 3 nitrogen and oxygen atoms in total. The molecular formula is C15H27NO2. The van der Waals surface area contributed by atoms with Crippen molar-refractivity contribution in [2.45, 2.75) is 76.6 Å². The van der Waals surface area contributed by atoms with E-state index in [0.29, 0.717) is 12.6 Å². The normalized spacial score (nSPS) is 50.7. The Morgan fingerprint density at radius 3 is 2.44 bits per heavy atom. The molecule has 4 atom stereocenters.